The van der Waals surface area contributed by atoms with Gasteiger partial charge in [0.25, 0.3) is 0 Å². The minimum atomic E-state index is -0.429. The molecule has 8 heteroatoms. The molecule has 1 aromatic heterocycles. The molecule has 0 aromatic carbocycles. The molecule has 1 aromatic rings. The molecule has 0 bridgehead atoms. The van der Waals surface area contributed by atoms with Crippen molar-refractivity contribution in [3.63, 3.8) is 0 Å². The van der Waals surface area contributed by atoms with Gasteiger partial charge in [-0.1, -0.05) is 12.8 Å². The minimum absolute atomic E-state index is 0.0656. The number of ether oxygens (including phenoxy) is 1. The number of rotatable bonds is 9. The number of unbranched alkanes of at least 4 members (excludes halogenated alkanes) is 3. The van der Waals surface area contributed by atoms with Crippen LogP contribution in [-0.4, -0.2) is 57.4 Å². The van der Waals surface area contributed by atoms with E-state index >= 15 is 0 Å². The van der Waals surface area contributed by atoms with E-state index < -0.39 is 5.60 Å². The number of fused-ring (bicyclic) bond motifs is 1. The number of nitrogens with one attached hydrogen (secondary N) is 2. The van der Waals surface area contributed by atoms with Gasteiger partial charge >= 0.3 is 5.97 Å². The number of likely N-dealkylation sites (tertiary alicyclic amines) is 1. The van der Waals surface area contributed by atoms with Gasteiger partial charge in [-0.3, -0.25) is 14.4 Å². The highest BCUT2D eigenvalue weighted by atomic mass is 16.6. The number of imidazole rings is 1. The number of hydrogen-bond acceptors (Lipinski definition) is 5. The van der Waals surface area contributed by atoms with Crippen molar-refractivity contribution in [3.8, 4) is 0 Å². The zero-order chi connectivity index (χ0) is 25.1. The molecule has 1 saturated carbocycles. The summed E-state index contributed by atoms with van der Waals surface area (Å²) < 4.78 is 5.32. The number of aromatic amines is 1. The van der Waals surface area contributed by atoms with Crippen LogP contribution in [0.3, 0.4) is 0 Å². The topological polar surface area (TPSA) is 104 Å². The van der Waals surface area contributed by atoms with E-state index in [9.17, 15) is 14.4 Å². The molecule has 0 radical (unpaired) electrons. The SMILES string of the molecule is CC(C)(C)OC(=O)CCCCCCC(=O)N[C@H]1CC12CCN(C(=O)[C@H]1CCc3nc[nH]c3C1)CC2. The van der Waals surface area contributed by atoms with Gasteiger partial charge in [-0.15, -0.1) is 0 Å². The Kier molecular flexibility index (Phi) is 7.86. The van der Waals surface area contributed by atoms with Crippen LogP contribution in [0.4, 0.5) is 0 Å². The van der Waals surface area contributed by atoms with Crippen LogP contribution in [-0.2, 0) is 32.0 Å². The van der Waals surface area contributed by atoms with Crippen molar-refractivity contribution in [1.82, 2.24) is 20.2 Å². The standard InChI is InChI=1S/C27H42N4O4/c1-26(2,3)35-24(33)9-7-5-4-6-8-23(32)30-22-17-27(22)12-14-31(15-13-27)25(34)19-10-11-20-21(16-19)29-18-28-20/h18-19,22H,4-17H2,1-3H3,(H,28,29)(H,30,32)/t19-,22-/m0/s1. The Balaban J connectivity index is 1.08. The number of amides is 2. The van der Waals surface area contributed by atoms with Crippen LogP contribution in [0.5, 0.6) is 0 Å². The molecule has 0 unspecified atom stereocenters. The molecule has 3 aliphatic rings. The molecule has 2 heterocycles. The molecule has 8 nitrogen and oxygen atoms in total. The first-order valence-electron chi connectivity index (χ1n) is 13.5. The molecule has 194 valence electrons. The smallest absolute Gasteiger partial charge is 0.306 e. The number of carbonyl (C=O) groups is 3. The maximum absolute atomic E-state index is 13.1. The van der Waals surface area contributed by atoms with Crippen molar-refractivity contribution < 1.29 is 19.1 Å². The lowest BCUT2D eigenvalue weighted by molar-refractivity contribution is -0.155. The van der Waals surface area contributed by atoms with Crippen molar-refractivity contribution in [2.45, 2.75) is 109 Å². The summed E-state index contributed by atoms with van der Waals surface area (Å²) in [6, 6.07) is 0.265. The zero-order valence-electron chi connectivity index (χ0n) is 21.7. The van der Waals surface area contributed by atoms with E-state index in [-0.39, 0.29) is 35.2 Å². The maximum atomic E-state index is 13.1. The van der Waals surface area contributed by atoms with Gasteiger partial charge in [0.05, 0.1) is 12.0 Å². The van der Waals surface area contributed by atoms with Crippen LogP contribution in [0.25, 0.3) is 0 Å². The second-order valence-electron chi connectivity index (χ2n) is 11.8. The van der Waals surface area contributed by atoms with Gasteiger partial charge in [-0.05, 0) is 71.1 Å². The van der Waals surface area contributed by atoms with Crippen LogP contribution in [0.15, 0.2) is 6.33 Å². The normalized spacial score (nSPS) is 23.0. The average molecular weight is 487 g/mol. The Morgan fingerprint density at radius 3 is 2.57 bits per heavy atom. The molecule has 2 aliphatic carbocycles. The first kappa shape index (κ1) is 25.7. The summed E-state index contributed by atoms with van der Waals surface area (Å²) in [5, 5.41) is 3.24. The second kappa shape index (κ2) is 10.7. The van der Waals surface area contributed by atoms with E-state index in [1.807, 2.05) is 25.7 Å². The highest BCUT2D eigenvalue weighted by Crippen LogP contribution is 2.54. The Morgan fingerprint density at radius 2 is 1.86 bits per heavy atom. The third-order valence-corrected chi connectivity index (χ3v) is 7.89. The Morgan fingerprint density at radius 1 is 1.14 bits per heavy atom. The number of carbonyl (C=O) groups excluding carboxylic acids is 3. The Labute approximate surface area is 209 Å². The summed E-state index contributed by atoms with van der Waals surface area (Å²) in [5.41, 5.74) is 2.01. The van der Waals surface area contributed by atoms with Crippen LogP contribution in [0, 0.1) is 11.3 Å². The summed E-state index contributed by atoms with van der Waals surface area (Å²) in [5.74, 6) is 0.339. The highest BCUT2D eigenvalue weighted by molar-refractivity contribution is 5.80. The first-order chi connectivity index (χ1) is 16.7. The summed E-state index contributed by atoms with van der Waals surface area (Å²) in [7, 11) is 0. The van der Waals surface area contributed by atoms with Crippen LogP contribution in [0.1, 0.15) is 96.4 Å². The predicted octanol–water partition coefficient (Wildman–Crippen LogP) is 3.69. The molecule has 1 aliphatic heterocycles. The van der Waals surface area contributed by atoms with Gasteiger partial charge in [0, 0.05) is 50.0 Å². The quantitative estimate of drug-likeness (QED) is 0.409. The predicted molar refractivity (Wildman–Crippen MR) is 132 cm³/mol. The molecular weight excluding hydrogens is 444 g/mol. The van der Waals surface area contributed by atoms with Crippen LogP contribution in [0.2, 0.25) is 0 Å². The fraction of sp³-hybridized carbons (Fsp3) is 0.778. The number of aryl methyl sites for hydroxylation is 1. The third-order valence-electron chi connectivity index (χ3n) is 7.89. The van der Waals surface area contributed by atoms with Crippen molar-refractivity contribution in [2.75, 3.05) is 13.1 Å². The van der Waals surface area contributed by atoms with Crippen molar-refractivity contribution >= 4 is 17.8 Å². The molecule has 2 amide bonds. The van der Waals surface area contributed by atoms with Gasteiger partial charge in [0.1, 0.15) is 5.60 Å². The van der Waals surface area contributed by atoms with E-state index in [2.05, 4.69) is 15.3 Å². The molecule has 2 fully saturated rings. The molecule has 1 spiro atoms. The van der Waals surface area contributed by atoms with E-state index in [1.165, 1.54) is 0 Å². The monoisotopic (exact) mass is 486 g/mol. The Bertz CT molecular complexity index is 911. The molecule has 1 saturated heterocycles. The number of H-pyrrole nitrogens is 1. The van der Waals surface area contributed by atoms with E-state index in [0.29, 0.717) is 12.8 Å². The average Bonchev–Trinajstić information content (AvgIpc) is 3.23. The Hall–Kier alpha value is -2.38. The van der Waals surface area contributed by atoms with Gasteiger partial charge in [0.15, 0.2) is 0 Å². The number of esters is 1. The van der Waals surface area contributed by atoms with E-state index in [1.54, 1.807) is 6.33 Å². The number of aromatic nitrogens is 2. The van der Waals surface area contributed by atoms with Crippen LogP contribution < -0.4 is 5.32 Å². The minimum Gasteiger partial charge on any atom is -0.460 e. The van der Waals surface area contributed by atoms with Crippen molar-refractivity contribution in [2.24, 2.45) is 11.3 Å². The summed E-state index contributed by atoms with van der Waals surface area (Å²) in [4.78, 5) is 46.8. The number of nitrogens with zero attached hydrogens (tertiary/aromatic N) is 2. The molecule has 2 atom stereocenters. The fourth-order valence-electron chi connectivity index (χ4n) is 5.71. The highest BCUT2D eigenvalue weighted by Gasteiger charge is 2.56. The lowest BCUT2D eigenvalue weighted by atomic mass is 9.87. The van der Waals surface area contributed by atoms with Gasteiger partial charge < -0.3 is 19.9 Å². The molecule has 35 heavy (non-hydrogen) atoms. The van der Waals surface area contributed by atoms with Crippen LogP contribution >= 0.6 is 0 Å². The van der Waals surface area contributed by atoms with Crippen molar-refractivity contribution in [1.29, 1.82) is 0 Å². The molecule has 2 N–H and O–H groups in total. The first-order valence-corrected chi connectivity index (χ1v) is 13.5. The summed E-state index contributed by atoms with van der Waals surface area (Å²) in [6.45, 7) is 7.24. The van der Waals surface area contributed by atoms with Crippen molar-refractivity contribution in [3.05, 3.63) is 17.7 Å². The lowest BCUT2D eigenvalue weighted by Gasteiger charge is -2.35. The number of piperidine rings is 1. The third kappa shape index (κ3) is 6.85. The van der Waals surface area contributed by atoms with E-state index in [0.717, 1.165) is 88.7 Å². The maximum Gasteiger partial charge on any atom is 0.306 e. The summed E-state index contributed by atoms with van der Waals surface area (Å²) in [6.07, 6.45) is 11.8. The second-order valence-corrected chi connectivity index (χ2v) is 11.8. The van der Waals surface area contributed by atoms with E-state index in [4.69, 9.17) is 4.74 Å². The van der Waals surface area contributed by atoms with Gasteiger partial charge in [-0.2, -0.15) is 0 Å². The van der Waals surface area contributed by atoms with Gasteiger partial charge in [-0.25, -0.2) is 4.98 Å². The fourth-order valence-corrected chi connectivity index (χ4v) is 5.71. The molecular formula is C27H42N4O4. The summed E-state index contributed by atoms with van der Waals surface area (Å²) >= 11 is 0. The largest absolute Gasteiger partial charge is 0.460 e. The number of hydrogen-bond donors (Lipinski definition) is 2. The van der Waals surface area contributed by atoms with Gasteiger partial charge in [0.2, 0.25) is 11.8 Å². The zero-order valence-corrected chi connectivity index (χ0v) is 21.7. The molecule has 4 rings (SSSR count). The lowest BCUT2D eigenvalue weighted by Crippen LogP contribution is -2.45.